The van der Waals surface area contributed by atoms with E-state index < -0.39 is 0 Å². The number of aromatic amines is 1. The molecule has 0 aliphatic carbocycles. The highest BCUT2D eigenvalue weighted by molar-refractivity contribution is 5.21. The molecule has 0 amide bonds. The lowest BCUT2D eigenvalue weighted by Gasteiger charge is -2.12. The first-order chi connectivity index (χ1) is 6.59. The predicted molar refractivity (Wildman–Crippen MR) is 53.6 cm³/mol. The number of H-pyrrole nitrogens is 1. The second-order valence-electron chi connectivity index (χ2n) is 4.21. The van der Waals surface area contributed by atoms with Gasteiger partial charge in [-0.3, -0.25) is 0 Å². The summed E-state index contributed by atoms with van der Waals surface area (Å²) in [5.41, 5.74) is 8.12. The molecular formula is C10H17N3O. The lowest BCUT2D eigenvalue weighted by atomic mass is 10.1. The Morgan fingerprint density at radius 3 is 2.86 bits per heavy atom. The number of hydrogen-bond donors (Lipinski definition) is 2. The van der Waals surface area contributed by atoms with Crippen LogP contribution in [0.15, 0.2) is 0 Å². The molecule has 2 rings (SSSR count). The fourth-order valence-corrected chi connectivity index (χ4v) is 1.65. The van der Waals surface area contributed by atoms with Gasteiger partial charge in [0.2, 0.25) is 0 Å². The number of nitrogens with two attached hydrogens (primary N) is 1. The number of rotatable bonds is 2. The second kappa shape index (κ2) is 3.37. The van der Waals surface area contributed by atoms with Crippen molar-refractivity contribution in [2.24, 2.45) is 11.7 Å². The van der Waals surface area contributed by atoms with Crippen LogP contribution in [0.3, 0.4) is 0 Å². The fourth-order valence-electron chi connectivity index (χ4n) is 1.65. The molecule has 1 aliphatic heterocycles. The number of ether oxygens (including phenoxy) is 1. The maximum absolute atomic E-state index is 6.01. The molecule has 0 saturated heterocycles. The van der Waals surface area contributed by atoms with Crippen molar-refractivity contribution in [2.45, 2.75) is 39.5 Å². The van der Waals surface area contributed by atoms with Gasteiger partial charge >= 0.3 is 0 Å². The Bertz CT molecular complexity index is 332. The molecule has 0 bridgehead atoms. The minimum absolute atomic E-state index is 0.00667. The van der Waals surface area contributed by atoms with Crippen molar-refractivity contribution < 1.29 is 4.74 Å². The van der Waals surface area contributed by atoms with Crippen LogP contribution in [0.25, 0.3) is 0 Å². The number of nitrogens with one attached hydrogen (secondary N) is 1. The Morgan fingerprint density at radius 1 is 1.57 bits per heavy atom. The molecule has 0 saturated carbocycles. The molecule has 0 radical (unpaired) electrons. The van der Waals surface area contributed by atoms with E-state index in [1.54, 1.807) is 0 Å². The van der Waals surface area contributed by atoms with E-state index in [9.17, 15) is 0 Å². The van der Waals surface area contributed by atoms with Crippen LogP contribution in [0.4, 0.5) is 0 Å². The highest BCUT2D eigenvalue weighted by Crippen LogP contribution is 2.29. The maximum atomic E-state index is 6.01. The van der Waals surface area contributed by atoms with Gasteiger partial charge in [0.15, 0.2) is 0 Å². The van der Waals surface area contributed by atoms with Crippen molar-refractivity contribution >= 4 is 0 Å². The zero-order valence-electron chi connectivity index (χ0n) is 8.87. The topological polar surface area (TPSA) is 63.9 Å². The van der Waals surface area contributed by atoms with Crippen molar-refractivity contribution in [3.63, 3.8) is 0 Å². The molecule has 1 aliphatic rings. The van der Waals surface area contributed by atoms with E-state index in [-0.39, 0.29) is 12.1 Å². The van der Waals surface area contributed by atoms with Crippen LogP contribution in [0.2, 0.25) is 0 Å². The Morgan fingerprint density at radius 2 is 2.29 bits per heavy atom. The number of fused-ring (bicyclic) bond motifs is 1. The van der Waals surface area contributed by atoms with Crippen LogP contribution in [0.1, 0.15) is 50.1 Å². The summed E-state index contributed by atoms with van der Waals surface area (Å²) in [5, 5.41) is 0. The van der Waals surface area contributed by atoms with Crippen LogP contribution >= 0.6 is 0 Å². The largest absolute Gasteiger partial charge is 0.366 e. The van der Waals surface area contributed by atoms with E-state index in [0.29, 0.717) is 12.5 Å². The third kappa shape index (κ3) is 1.44. The van der Waals surface area contributed by atoms with Gasteiger partial charge in [-0.25, -0.2) is 4.98 Å². The summed E-state index contributed by atoms with van der Waals surface area (Å²) in [6.07, 6.45) is 0.106. The summed E-state index contributed by atoms with van der Waals surface area (Å²) in [5.74, 6) is 1.29. The first-order valence-electron chi connectivity index (χ1n) is 5.05. The standard InChI is InChI=1S/C10H17N3O/c1-5(2)8(11)10-12-7-4-14-6(3)9(7)13-10/h5-6,8H,4,11H2,1-3H3,(H,12,13)/t6?,8-/m0/s1. The van der Waals surface area contributed by atoms with Gasteiger partial charge in [-0.05, 0) is 12.8 Å². The molecule has 0 fully saturated rings. The second-order valence-corrected chi connectivity index (χ2v) is 4.21. The Labute approximate surface area is 83.9 Å². The molecule has 2 heterocycles. The summed E-state index contributed by atoms with van der Waals surface area (Å²) in [4.78, 5) is 7.73. The minimum atomic E-state index is -0.00667. The minimum Gasteiger partial charge on any atom is -0.366 e. The number of imidazole rings is 1. The molecular weight excluding hydrogens is 178 g/mol. The SMILES string of the molecule is CC1OCc2[nH]c([C@@H](N)C(C)C)nc21. The van der Waals surface area contributed by atoms with E-state index in [4.69, 9.17) is 10.5 Å². The lowest BCUT2D eigenvalue weighted by Crippen LogP contribution is -2.18. The number of nitrogens with zero attached hydrogens (tertiary/aromatic N) is 1. The van der Waals surface area contributed by atoms with Crippen molar-refractivity contribution in [1.82, 2.24) is 9.97 Å². The van der Waals surface area contributed by atoms with Gasteiger partial charge in [0, 0.05) is 0 Å². The van der Waals surface area contributed by atoms with E-state index >= 15 is 0 Å². The van der Waals surface area contributed by atoms with Gasteiger partial charge in [-0.1, -0.05) is 13.8 Å². The van der Waals surface area contributed by atoms with Crippen LogP contribution in [-0.4, -0.2) is 9.97 Å². The summed E-state index contributed by atoms with van der Waals surface area (Å²) < 4.78 is 5.42. The van der Waals surface area contributed by atoms with Crippen LogP contribution in [0.5, 0.6) is 0 Å². The zero-order valence-corrected chi connectivity index (χ0v) is 8.87. The molecule has 14 heavy (non-hydrogen) atoms. The van der Waals surface area contributed by atoms with E-state index in [2.05, 4.69) is 23.8 Å². The van der Waals surface area contributed by atoms with Crippen LogP contribution in [0, 0.1) is 5.92 Å². The van der Waals surface area contributed by atoms with Gasteiger partial charge in [0.05, 0.1) is 30.1 Å². The molecule has 2 atom stereocenters. The van der Waals surface area contributed by atoms with Crippen LogP contribution in [-0.2, 0) is 11.3 Å². The van der Waals surface area contributed by atoms with E-state index in [1.165, 1.54) is 0 Å². The van der Waals surface area contributed by atoms with Crippen molar-refractivity contribution in [3.8, 4) is 0 Å². The van der Waals surface area contributed by atoms with E-state index in [0.717, 1.165) is 17.2 Å². The fraction of sp³-hybridized carbons (Fsp3) is 0.700. The zero-order chi connectivity index (χ0) is 10.3. The van der Waals surface area contributed by atoms with Gasteiger partial charge in [-0.2, -0.15) is 0 Å². The number of aromatic nitrogens is 2. The summed E-state index contributed by atoms with van der Waals surface area (Å²) in [6.45, 7) is 6.84. The molecule has 1 aromatic heterocycles. The third-order valence-electron chi connectivity index (χ3n) is 2.73. The van der Waals surface area contributed by atoms with Crippen molar-refractivity contribution in [3.05, 3.63) is 17.2 Å². The lowest BCUT2D eigenvalue weighted by molar-refractivity contribution is 0.0756. The smallest absolute Gasteiger partial charge is 0.124 e. The normalized spacial score (nSPS) is 22.8. The van der Waals surface area contributed by atoms with Gasteiger partial charge < -0.3 is 15.5 Å². The molecule has 3 N–H and O–H groups in total. The molecule has 1 aromatic rings. The molecule has 0 spiro atoms. The van der Waals surface area contributed by atoms with E-state index in [1.807, 2.05) is 6.92 Å². The van der Waals surface area contributed by atoms with Crippen molar-refractivity contribution in [1.29, 1.82) is 0 Å². The Hall–Kier alpha value is -0.870. The molecule has 1 unspecified atom stereocenters. The average molecular weight is 195 g/mol. The van der Waals surface area contributed by atoms with Gasteiger partial charge in [0.25, 0.3) is 0 Å². The van der Waals surface area contributed by atoms with Crippen LogP contribution < -0.4 is 5.73 Å². The molecule has 4 nitrogen and oxygen atoms in total. The highest BCUT2D eigenvalue weighted by atomic mass is 16.5. The van der Waals surface area contributed by atoms with Gasteiger partial charge in [0.1, 0.15) is 5.82 Å². The maximum Gasteiger partial charge on any atom is 0.124 e. The molecule has 78 valence electrons. The third-order valence-corrected chi connectivity index (χ3v) is 2.73. The first-order valence-corrected chi connectivity index (χ1v) is 5.05. The monoisotopic (exact) mass is 195 g/mol. The predicted octanol–water partition coefficient (Wildman–Crippen LogP) is 1.66. The Kier molecular flexibility index (Phi) is 2.33. The van der Waals surface area contributed by atoms with Crippen molar-refractivity contribution in [2.75, 3.05) is 0 Å². The van der Waals surface area contributed by atoms with Gasteiger partial charge in [-0.15, -0.1) is 0 Å². The quantitative estimate of drug-likeness (QED) is 0.754. The first kappa shape index (κ1) is 9.68. The molecule has 0 aromatic carbocycles. The summed E-state index contributed by atoms with van der Waals surface area (Å²) >= 11 is 0. The molecule has 4 heteroatoms. The summed E-state index contributed by atoms with van der Waals surface area (Å²) in [7, 11) is 0. The average Bonchev–Trinajstić information content (AvgIpc) is 2.67. The highest BCUT2D eigenvalue weighted by Gasteiger charge is 2.26. The number of hydrogen-bond acceptors (Lipinski definition) is 3. The summed E-state index contributed by atoms with van der Waals surface area (Å²) in [6, 6.07) is -0.00667. The Balaban J connectivity index is 2.26.